The zero-order chi connectivity index (χ0) is 20.3. The molecule has 0 aliphatic carbocycles. The van der Waals surface area contributed by atoms with Gasteiger partial charge in [0.15, 0.2) is 0 Å². The van der Waals surface area contributed by atoms with Gasteiger partial charge in [0.25, 0.3) is 0 Å². The van der Waals surface area contributed by atoms with Crippen molar-refractivity contribution in [3.05, 3.63) is 0 Å². The van der Waals surface area contributed by atoms with Gasteiger partial charge in [-0.05, 0) is 32.2 Å². The second-order valence-electron chi connectivity index (χ2n) is 8.41. The topological polar surface area (TPSA) is 92.2 Å². The van der Waals surface area contributed by atoms with E-state index in [0.29, 0.717) is 13.0 Å². The molecule has 0 saturated carbocycles. The number of carbonyl (C=O) groups is 1. The van der Waals surface area contributed by atoms with Gasteiger partial charge in [-0.1, -0.05) is 64.7 Å². The van der Waals surface area contributed by atoms with E-state index in [0.717, 1.165) is 17.3 Å². The lowest BCUT2D eigenvalue weighted by atomic mass is 10.1. The highest BCUT2D eigenvalue weighted by atomic mass is 16.4. The van der Waals surface area contributed by atoms with E-state index in [1.165, 1.54) is 70.8 Å². The van der Waals surface area contributed by atoms with Crippen molar-refractivity contribution in [2.75, 3.05) is 34.2 Å². The minimum Gasteiger partial charge on any atom is -0.548 e. The summed E-state index contributed by atoms with van der Waals surface area (Å²) in [5, 5.41) is 10.0. The molecule has 0 heterocycles. The van der Waals surface area contributed by atoms with Gasteiger partial charge in [0, 0.05) is 6.04 Å². The molecule has 5 heteroatoms. The van der Waals surface area contributed by atoms with Crippen molar-refractivity contribution >= 4 is 5.97 Å². The average Bonchev–Trinajstić information content (AvgIpc) is 2.56. The van der Waals surface area contributed by atoms with Crippen LogP contribution in [0.3, 0.4) is 0 Å². The Balaban J connectivity index is 0. The van der Waals surface area contributed by atoms with Crippen LogP contribution in [0.1, 0.15) is 90.4 Å². The SMILES string of the molecule is CCCCCCCCCCCC[N+](C)(C)C.NCCCC[C@H](N)C(=O)[O-]. The van der Waals surface area contributed by atoms with Crippen LogP contribution in [0.4, 0.5) is 0 Å². The summed E-state index contributed by atoms with van der Waals surface area (Å²) < 4.78 is 1.12. The first-order valence-corrected chi connectivity index (χ1v) is 10.7. The number of rotatable bonds is 16. The third-order valence-corrected chi connectivity index (χ3v) is 4.45. The lowest BCUT2D eigenvalue weighted by molar-refractivity contribution is -0.870. The van der Waals surface area contributed by atoms with Crippen molar-refractivity contribution in [2.24, 2.45) is 11.5 Å². The first-order valence-electron chi connectivity index (χ1n) is 10.7. The highest BCUT2D eigenvalue weighted by molar-refractivity contribution is 5.70. The largest absolute Gasteiger partial charge is 0.548 e. The lowest BCUT2D eigenvalue weighted by Crippen LogP contribution is -2.41. The van der Waals surface area contributed by atoms with Crippen LogP contribution < -0.4 is 16.6 Å². The molecule has 0 saturated heterocycles. The molecule has 0 spiro atoms. The molecule has 26 heavy (non-hydrogen) atoms. The molecule has 0 radical (unpaired) electrons. The van der Waals surface area contributed by atoms with Gasteiger partial charge in [-0.2, -0.15) is 0 Å². The Labute approximate surface area is 163 Å². The van der Waals surface area contributed by atoms with E-state index in [-0.39, 0.29) is 0 Å². The number of nitrogens with two attached hydrogens (primary N) is 2. The first kappa shape index (κ1) is 27.6. The molecule has 0 aliphatic rings. The molecule has 0 bridgehead atoms. The van der Waals surface area contributed by atoms with Crippen molar-refractivity contribution < 1.29 is 14.4 Å². The quantitative estimate of drug-likeness (QED) is 0.321. The van der Waals surface area contributed by atoms with Crippen LogP contribution in [0.25, 0.3) is 0 Å². The monoisotopic (exact) mass is 373 g/mol. The van der Waals surface area contributed by atoms with Crippen LogP contribution in [-0.2, 0) is 4.79 Å². The van der Waals surface area contributed by atoms with E-state index in [2.05, 4.69) is 28.1 Å². The van der Waals surface area contributed by atoms with E-state index < -0.39 is 12.0 Å². The predicted molar refractivity (Wildman–Crippen MR) is 111 cm³/mol. The molecule has 0 rings (SSSR count). The number of carboxylic acids is 1. The van der Waals surface area contributed by atoms with Gasteiger partial charge >= 0.3 is 0 Å². The molecule has 4 N–H and O–H groups in total. The molecule has 1 atom stereocenters. The van der Waals surface area contributed by atoms with E-state index in [4.69, 9.17) is 11.5 Å². The summed E-state index contributed by atoms with van der Waals surface area (Å²) in [5.41, 5.74) is 10.3. The molecule has 0 aromatic carbocycles. The number of hydrogen-bond acceptors (Lipinski definition) is 4. The minimum atomic E-state index is -1.18. The summed E-state index contributed by atoms with van der Waals surface area (Å²) >= 11 is 0. The van der Waals surface area contributed by atoms with Gasteiger partial charge in [-0.25, -0.2) is 0 Å². The number of aliphatic carboxylic acids is 1. The van der Waals surface area contributed by atoms with E-state index >= 15 is 0 Å². The van der Waals surface area contributed by atoms with E-state index in [1.807, 2.05) is 0 Å². The fourth-order valence-corrected chi connectivity index (χ4v) is 2.70. The van der Waals surface area contributed by atoms with E-state index in [9.17, 15) is 9.90 Å². The Morgan fingerprint density at radius 1 is 0.846 bits per heavy atom. The molecule has 5 nitrogen and oxygen atoms in total. The maximum atomic E-state index is 10.0. The predicted octanol–water partition coefficient (Wildman–Crippen LogP) is 2.81. The van der Waals surface area contributed by atoms with Crippen molar-refractivity contribution in [1.29, 1.82) is 0 Å². The highest BCUT2D eigenvalue weighted by Gasteiger charge is 2.04. The number of unbranched alkanes of at least 4 members (excludes halogenated alkanes) is 10. The molecule has 0 amide bonds. The van der Waals surface area contributed by atoms with Gasteiger partial charge in [0.05, 0.1) is 33.7 Å². The number of quaternary nitrogens is 1. The van der Waals surface area contributed by atoms with E-state index in [1.54, 1.807) is 0 Å². The standard InChI is InChI=1S/C15H34N.C6H14N2O2/c1-5-6-7-8-9-10-11-12-13-14-15-16(2,3)4;7-4-2-1-3-5(8)6(9)10/h5-15H2,1-4H3;5H,1-4,7-8H2,(H,9,10)/q+1;/p-1/t;5-/m.0/s1. The summed E-state index contributed by atoms with van der Waals surface area (Å²) in [4.78, 5) is 10.0. The average molecular weight is 374 g/mol. The van der Waals surface area contributed by atoms with Crippen LogP contribution in [0.2, 0.25) is 0 Å². The van der Waals surface area contributed by atoms with Crippen LogP contribution >= 0.6 is 0 Å². The summed E-state index contributed by atoms with van der Waals surface area (Å²) in [6.45, 7) is 4.20. The Bertz CT molecular complexity index is 304. The third-order valence-electron chi connectivity index (χ3n) is 4.45. The summed E-state index contributed by atoms with van der Waals surface area (Å²) in [5.74, 6) is -1.18. The Morgan fingerprint density at radius 2 is 1.31 bits per heavy atom. The summed E-state index contributed by atoms with van der Waals surface area (Å²) in [6.07, 6.45) is 16.4. The molecule has 0 unspecified atom stereocenters. The second kappa shape index (κ2) is 19.1. The van der Waals surface area contributed by atoms with Gasteiger partial charge in [0.2, 0.25) is 0 Å². The lowest BCUT2D eigenvalue weighted by Gasteiger charge is -2.23. The molecule has 0 aliphatic heterocycles. The minimum absolute atomic E-state index is 0.458. The molecular formula is C21H47N3O2. The Morgan fingerprint density at radius 3 is 1.69 bits per heavy atom. The van der Waals surface area contributed by atoms with Crippen LogP contribution in [0.5, 0.6) is 0 Å². The first-order chi connectivity index (χ1) is 12.2. The zero-order valence-corrected chi connectivity index (χ0v) is 18.1. The Hall–Kier alpha value is -0.650. The van der Waals surface area contributed by atoms with Gasteiger partial charge in [0.1, 0.15) is 0 Å². The fraction of sp³-hybridized carbons (Fsp3) is 0.952. The van der Waals surface area contributed by atoms with Crippen molar-refractivity contribution in [3.8, 4) is 0 Å². The second-order valence-corrected chi connectivity index (χ2v) is 8.41. The molecule has 158 valence electrons. The van der Waals surface area contributed by atoms with Crippen molar-refractivity contribution in [2.45, 2.75) is 96.4 Å². The molecule has 0 aromatic heterocycles. The zero-order valence-electron chi connectivity index (χ0n) is 18.1. The number of nitrogens with zero attached hydrogens (tertiary/aromatic N) is 1. The van der Waals surface area contributed by atoms with Crippen LogP contribution in [-0.4, -0.2) is 50.7 Å². The third kappa shape index (κ3) is 25.6. The van der Waals surface area contributed by atoms with Gasteiger partial charge < -0.3 is 25.9 Å². The number of carboxylic acid groups (broad SMARTS) is 1. The van der Waals surface area contributed by atoms with Crippen LogP contribution in [0.15, 0.2) is 0 Å². The molecule has 0 fully saturated rings. The smallest absolute Gasteiger partial charge is 0.0780 e. The van der Waals surface area contributed by atoms with Gasteiger partial charge in [-0.3, -0.25) is 0 Å². The van der Waals surface area contributed by atoms with Crippen molar-refractivity contribution in [3.63, 3.8) is 0 Å². The summed E-state index contributed by atoms with van der Waals surface area (Å²) in [6, 6.07) is -0.827. The maximum absolute atomic E-state index is 10.0. The van der Waals surface area contributed by atoms with Crippen LogP contribution in [0, 0.1) is 0 Å². The maximum Gasteiger partial charge on any atom is 0.0780 e. The Kier molecular flexibility index (Phi) is 20.3. The van der Waals surface area contributed by atoms with Crippen molar-refractivity contribution in [1.82, 2.24) is 0 Å². The highest BCUT2D eigenvalue weighted by Crippen LogP contribution is 2.11. The number of hydrogen-bond donors (Lipinski definition) is 2. The molecular weight excluding hydrogens is 326 g/mol. The normalized spacial score (nSPS) is 12.4. The molecule has 0 aromatic rings. The van der Waals surface area contributed by atoms with Gasteiger partial charge in [-0.15, -0.1) is 0 Å². The summed E-state index contributed by atoms with van der Waals surface area (Å²) in [7, 11) is 6.86. The number of carbonyl (C=O) groups excluding carboxylic acids is 1. The fourth-order valence-electron chi connectivity index (χ4n) is 2.70.